The van der Waals surface area contributed by atoms with Crippen molar-refractivity contribution in [3.05, 3.63) is 34.9 Å². The van der Waals surface area contributed by atoms with Crippen LogP contribution < -0.4 is 0 Å². The first kappa shape index (κ1) is 11.9. The van der Waals surface area contributed by atoms with Crippen LogP contribution in [-0.4, -0.2) is 37.0 Å². The molecule has 0 saturated heterocycles. The number of amides is 2. The summed E-state index contributed by atoms with van der Waals surface area (Å²) in [5.41, 5.74) is 1.07. The van der Waals surface area contributed by atoms with E-state index in [-0.39, 0.29) is 6.03 Å². The third-order valence-corrected chi connectivity index (χ3v) is 2.29. The Balaban J connectivity index is 2.62. The molecule has 0 saturated carbocycles. The van der Waals surface area contributed by atoms with Crippen molar-refractivity contribution in [3.8, 4) is 0 Å². The SMILES string of the molecule is CN(C)C(=O)N(C)Cc1ccc(Cl)cc1. The highest BCUT2D eigenvalue weighted by Crippen LogP contribution is 2.11. The molecule has 0 unspecified atom stereocenters. The molecule has 15 heavy (non-hydrogen) atoms. The van der Waals surface area contributed by atoms with Crippen LogP contribution in [0, 0.1) is 0 Å². The third kappa shape index (κ3) is 3.44. The van der Waals surface area contributed by atoms with Gasteiger partial charge in [-0.1, -0.05) is 23.7 Å². The van der Waals surface area contributed by atoms with Crippen molar-refractivity contribution in [2.24, 2.45) is 0 Å². The molecule has 0 spiro atoms. The molecular formula is C11H15ClN2O. The van der Waals surface area contributed by atoms with Gasteiger partial charge in [-0.05, 0) is 17.7 Å². The van der Waals surface area contributed by atoms with Gasteiger partial charge in [0.2, 0.25) is 0 Å². The number of halogens is 1. The van der Waals surface area contributed by atoms with E-state index in [2.05, 4.69) is 0 Å². The first-order chi connectivity index (χ1) is 7.00. The highest BCUT2D eigenvalue weighted by molar-refractivity contribution is 6.30. The maximum Gasteiger partial charge on any atom is 0.319 e. The van der Waals surface area contributed by atoms with Crippen LogP contribution >= 0.6 is 11.6 Å². The van der Waals surface area contributed by atoms with E-state index in [1.807, 2.05) is 24.3 Å². The van der Waals surface area contributed by atoms with E-state index in [1.54, 1.807) is 30.9 Å². The van der Waals surface area contributed by atoms with E-state index in [4.69, 9.17) is 11.6 Å². The Morgan fingerprint density at radius 2 is 1.73 bits per heavy atom. The van der Waals surface area contributed by atoms with Crippen LogP contribution in [0.25, 0.3) is 0 Å². The van der Waals surface area contributed by atoms with Gasteiger partial charge in [0, 0.05) is 32.7 Å². The molecule has 0 heterocycles. The fraction of sp³-hybridized carbons (Fsp3) is 0.364. The molecule has 0 fully saturated rings. The number of carbonyl (C=O) groups excluding carboxylic acids is 1. The minimum Gasteiger partial charge on any atom is -0.331 e. The molecule has 0 atom stereocenters. The summed E-state index contributed by atoms with van der Waals surface area (Å²) in [4.78, 5) is 14.7. The smallest absolute Gasteiger partial charge is 0.319 e. The molecule has 2 amide bonds. The Hall–Kier alpha value is -1.22. The van der Waals surface area contributed by atoms with Crippen LogP contribution in [0.5, 0.6) is 0 Å². The maximum absolute atomic E-state index is 11.5. The Labute approximate surface area is 95.2 Å². The summed E-state index contributed by atoms with van der Waals surface area (Å²) < 4.78 is 0. The molecule has 0 bridgehead atoms. The van der Waals surface area contributed by atoms with E-state index in [0.717, 1.165) is 5.56 Å². The number of hydrogen-bond donors (Lipinski definition) is 0. The number of nitrogens with zero attached hydrogens (tertiary/aromatic N) is 2. The Morgan fingerprint density at radius 3 is 2.20 bits per heavy atom. The van der Waals surface area contributed by atoms with Crippen molar-refractivity contribution in [2.75, 3.05) is 21.1 Å². The van der Waals surface area contributed by atoms with Crippen molar-refractivity contribution in [3.63, 3.8) is 0 Å². The first-order valence-corrected chi connectivity index (χ1v) is 5.05. The van der Waals surface area contributed by atoms with Crippen LogP contribution in [0.4, 0.5) is 4.79 Å². The van der Waals surface area contributed by atoms with Crippen molar-refractivity contribution in [1.29, 1.82) is 0 Å². The van der Waals surface area contributed by atoms with Gasteiger partial charge < -0.3 is 9.80 Å². The topological polar surface area (TPSA) is 23.6 Å². The van der Waals surface area contributed by atoms with E-state index in [9.17, 15) is 4.79 Å². The predicted molar refractivity (Wildman–Crippen MR) is 62.0 cm³/mol. The van der Waals surface area contributed by atoms with Crippen molar-refractivity contribution >= 4 is 17.6 Å². The van der Waals surface area contributed by atoms with Crippen LogP contribution in [0.2, 0.25) is 5.02 Å². The average Bonchev–Trinajstić information content (AvgIpc) is 2.20. The summed E-state index contributed by atoms with van der Waals surface area (Å²) in [6, 6.07) is 7.48. The number of rotatable bonds is 2. The largest absolute Gasteiger partial charge is 0.331 e. The number of hydrogen-bond acceptors (Lipinski definition) is 1. The Bertz CT molecular complexity index is 335. The normalized spacial score (nSPS) is 9.87. The lowest BCUT2D eigenvalue weighted by molar-refractivity contribution is 0.180. The lowest BCUT2D eigenvalue weighted by atomic mass is 10.2. The molecule has 3 nitrogen and oxygen atoms in total. The van der Waals surface area contributed by atoms with Gasteiger partial charge in [0.25, 0.3) is 0 Å². The van der Waals surface area contributed by atoms with Crippen molar-refractivity contribution in [1.82, 2.24) is 9.80 Å². The highest BCUT2D eigenvalue weighted by Gasteiger charge is 2.10. The van der Waals surface area contributed by atoms with Gasteiger partial charge in [0.1, 0.15) is 0 Å². The van der Waals surface area contributed by atoms with Gasteiger partial charge in [-0.3, -0.25) is 0 Å². The second-order valence-corrected chi connectivity index (χ2v) is 4.10. The van der Waals surface area contributed by atoms with Gasteiger partial charge in [-0.15, -0.1) is 0 Å². The molecule has 82 valence electrons. The quantitative estimate of drug-likeness (QED) is 0.760. The summed E-state index contributed by atoms with van der Waals surface area (Å²) in [6.45, 7) is 0.591. The molecule has 0 N–H and O–H groups in total. The molecule has 4 heteroatoms. The molecule has 0 radical (unpaired) electrons. The Kier molecular flexibility index (Phi) is 3.97. The average molecular weight is 227 g/mol. The number of urea groups is 1. The summed E-state index contributed by atoms with van der Waals surface area (Å²) in [5, 5.41) is 0.709. The minimum absolute atomic E-state index is 0.00931. The summed E-state index contributed by atoms with van der Waals surface area (Å²) in [6.07, 6.45) is 0. The maximum atomic E-state index is 11.5. The third-order valence-electron chi connectivity index (χ3n) is 2.04. The van der Waals surface area contributed by atoms with E-state index < -0.39 is 0 Å². The van der Waals surface area contributed by atoms with Crippen LogP contribution in [-0.2, 0) is 6.54 Å². The van der Waals surface area contributed by atoms with Crippen LogP contribution in [0.3, 0.4) is 0 Å². The predicted octanol–water partition coefficient (Wildman–Crippen LogP) is 2.45. The zero-order chi connectivity index (χ0) is 11.4. The summed E-state index contributed by atoms with van der Waals surface area (Å²) >= 11 is 5.77. The number of benzene rings is 1. The zero-order valence-electron chi connectivity index (χ0n) is 9.20. The minimum atomic E-state index is -0.00931. The lowest BCUT2D eigenvalue weighted by Gasteiger charge is -2.21. The van der Waals surface area contributed by atoms with Gasteiger partial charge in [-0.25, -0.2) is 4.79 Å². The molecule has 0 aromatic heterocycles. The van der Waals surface area contributed by atoms with Crippen molar-refractivity contribution < 1.29 is 4.79 Å². The second kappa shape index (κ2) is 5.03. The molecule has 0 aliphatic rings. The fourth-order valence-corrected chi connectivity index (χ4v) is 1.40. The monoisotopic (exact) mass is 226 g/mol. The summed E-state index contributed by atoms with van der Waals surface area (Å²) in [7, 11) is 5.25. The van der Waals surface area contributed by atoms with Gasteiger partial charge in [0.15, 0.2) is 0 Å². The van der Waals surface area contributed by atoms with Crippen LogP contribution in [0.1, 0.15) is 5.56 Å². The van der Waals surface area contributed by atoms with E-state index >= 15 is 0 Å². The highest BCUT2D eigenvalue weighted by atomic mass is 35.5. The molecule has 0 aliphatic heterocycles. The lowest BCUT2D eigenvalue weighted by Crippen LogP contribution is -2.35. The molecular weight excluding hydrogens is 212 g/mol. The summed E-state index contributed by atoms with van der Waals surface area (Å²) in [5.74, 6) is 0. The van der Waals surface area contributed by atoms with Gasteiger partial charge >= 0.3 is 6.03 Å². The molecule has 1 aromatic rings. The Morgan fingerprint density at radius 1 is 1.20 bits per heavy atom. The van der Waals surface area contributed by atoms with Crippen LogP contribution in [0.15, 0.2) is 24.3 Å². The van der Waals surface area contributed by atoms with E-state index in [0.29, 0.717) is 11.6 Å². The number of carbonyl (C=O) groups is 1. The fourth-order valence-electron chi connectivity index (χ4n) is 1.27. The molecule has 1 aromatic carbocycles. The van der Waals surface area contributed by atoms with Gasteiger partial charge in [-0.2, -0.15) is 0 Å². The van der Waals surface area contributed by atoms with Crippen molar-refractivity contribution in [2.45, 2.75) is 6.54 Å². The first-order valence-electron chi connectivity index (χ1n) is 4.67. The van der Waals surface area contributed by atoms with Gasteiger partial charge in [0.05, 0.1) is 0 Å². The second-order valence-electron chi connectivity index (χ2n) is 3.66. The molecule has 0 aliphatic carbocycles. The van der Waals surface area contributed by atoms with E-state index in [1.165, 1.54) is 0 Å². The zero-order valence-corrected chi connectivity index (χ0v) is 9.95. The molecule has 1 rings (SSSR count). The standard InChI is InChI=1S/C11H15ClN2O/c1-13(2)11(15)14(3)8-9-4-6-10(12)7-5-9/h4-7H,8H2,1-3H3.